The highest BCUT2D eigenvalue weighted by Crippen LogP contribution is 2.15. The number of aryl methyl sites for hydroxylation is 2. The van der Waals surface area contributed by atoms with Crippen molar-refractivity contribution >= 4 is 0 Å². The van der Waals surface area contributed by atoms with Crippen molar-refractivity contribution in [3.05, 3.63) is 35.9 Å². The zero-order chi connectivity index (χ0) is 12.9. The van der Waals surface area contributed by atoms with E-state index in [2.05, 4.69) is 15.5 Å². The van der Waals surface area contributed by atoms with Crippen LogP contribution in [0.1, 0.15) is 30.3 Å². The third-order valence-electron chi connectivity index (χ3n) is 3.55. The molecule has 0 aromatic carbocycles. The molecule has 1 unspecified atom stereocenters. The predicted octanol–water partition coefficient (Wildman–Crippen LogP) is 1.99. The van der Waals surface area contributed by atoms with Gasteiger partial charge in [-0.1, -0.05) is 5.16 Å². The fourth-order valence-corrected chi connectivity index (χ4v) is 2.52. The van der Waals surface area contributed by atoms with E-state index < -0.39 is 0 Å². The van der Waals surface area contributed by atoms with Crippen LogP contribution in [0.15, 0.2) is 27.3 Å². The van der Waals surface area contributed by atoms with Gasteiger partial charge >= 0.3 is 0 Å². The summed E-state index contributed by atoms with van der Waals surface area (Å²) in [4.78, 5) is 4.46. The summed E-state index contributed by atoms with van der Waals surface area (Å²) in [7, 11) is 0. The first-order chi connectivity index (χ1) is 9.40. The lowest BCUT2D eigenvalue weighted by atomic mass is 9.96. The molecule has 1 fully saturated rings. The van der Waals surface area contributed by atoms with Gasteiger partial charge < -0.3 is 14.3 Å². The summed E-state index contributed by atoms with van der Waals surface area (Å²) in [6.45, 7) is 2.20. The van der Waals surface area contributed by atoms with Crippen LogP contribution in [-0.4, -0.2) is 23.2 Å². The van der Waals surface area contributed by atoms with Gasteiger partial charge in [0.25, 0.3) is 0 Å². The Labute approximate surface area is 112 Å². The molecule has 0 amide bonds. The van der Waals surface area contributed by atoms with Crippen LogP contribution in [0.3, 0.4) is 0 Å². The van der Waals surface area contributed by atoms with Crippen molar-refractivity contribution in [1.29, 1.82) is 0 Å². The highest BCUT2D eigenvalue weighted by atomic mass is 16.5. The van der Waals surface area contributed by atoms with Gasteiger partial charge in [0, 0.05) is 19.3 Å². The summed E-state index contributed by atoms with van der Waals surface area (Å²) in [6.07, 6.45) is 6.64. The molecule has 1 N–H and O–H groups in total. The summed E-state index contributed by atoms with van der Waals surface area (Å²) in [5.74, 6) is 3.14. The molecule has 0 radical (unpaired) electrons. The number of hydrogen-bond acceptors (Lipinski definition) is 5. The maximum Gasteiger partial charge on any atom is 0.227 e. The third kappa shape index (κ3) is 3.44. The highest BCUT2D eigenvalue weighted by Gasteiger charge is 2.16. The Hall–Kier alpha value is -1.62. The highest BCUT2D eigenvalue weighted by molar-refractivity contribution is 5.00. The standard InChI is InChI=1S/C14H19N3O2/c1-3-11(10-15-7-1)9-13-16-14(19-17-13)6-5-12-4-2-8-18-12/h2,4,8,11,15H,1,3,5-7,9-10H2. The van der Waals surface area contributed by atoms with Crippen LogP contribution in [0.2, 0.25) is 0 Å². The van der Waals surface area contributed by atoms with E-state index in [1.165, 1.54) is 12.8 Å². The van der Waals surface area contributed by atoms with E-state index >= 15 is 0 Å². The minimum absolute atomic E-state index is 0.643. The van der Waals surface area contributed by atoms with E-state index in [4.69, 9.17) is 8.94 Å². The third-order valence-corrected chi connectivity index (χ3v) is 3.55. The van der Waals surface area contributed by atoms with Gasteiger partial charge in [-0.3, -0.25) is 0 Å². The van der Waals surface area contributed by atoms with E-state index in [0.29, 0.717) is 11.8 Å². The van der Waals surface area contributed by atoms with E-state index in [9.17, 15) is 0 Å². The number of rotatable bonds is 5. The van der Waals surface area contributed by atoms with Crippen molar-refractivity contribution in [2.24, 2.45) is 5.92 Å². The number of nitrogens with zero attached hydrogens (tertiary/aromatic N) is 2. The van der Waals surface area contributed by atoms with E-state index in [-0.39, 0.29) is 0 Å². The van der Waals surface area contributed by atoms with Crippen molar-refractivity contribution in [2.45, 2.75) is 32.1 Å². The Balaban J connectivity index is 1.51. The molecule has 1 saturated heterocycles. The Kier molecular flexibility index (Phi) is 3.93. The number of piperidine rings is 1. The molecule has 0 bridgehead atoms. The first kappa shape index (κ1) is 12.4. The van der Waals surface area contributed by atoms with E-state index in [1.807, 2.05) is 12.1 Å². The number of furan rings is 1. The average Bonchev–Trinajstić information content (AvgIpc) is 3.09. The summed E-state index contributed by atoms with van der Waals surface area (Å²) >= 11 is 0. The summed E-state index contributed by atoms with van der Waals surface area (Å²) in [5, 5.41) is 7.47. The van der Waals surface area contributed by atoms with Crippen LogP contribution in [0, 0.1) is 5.92 Å². The molecule has 0 spiro atoms. The summed E-state index contributed by atoms with van der Waals surface area (Å²) in [5.41, 5.74) is 0. The first-order valence-corrected chi connectivity index (χ1v) is 6.95. The maximum absolute atomic E-state index is 5.29. The molecule has 1 atom stereocenters. The molecule has 5 heteroatoms. The van der Waals surface area contributed by atoms with Gasteiger partial charge in [-0.05, 0) is 44.0 Å². The topological polar surface area (TPSA) is 64.1 Å². The maximum atomic E-state index is 5.29. The normalized spacial score (nSPS) is 19.7. The Morgan fingerprint density at radius 1 is 1.37 bits per heavy atom. The molecule has 2 aromatic heterocycles. The second-order valence-electron chi connectivity index (χ2n) is 5.10. The molecular weight excluding hydrogens is 242 g/mol. The van der Waals surface area contributed by atoms with Gasteiger partial charge in [-0.15, -0.1) is 0 Å². The summed E-state index contributed by atoms with van der Waals surface area (Å²) < 4.78 is 10.6. The van der Waals surface area contributed by atoms with Crippen molar-refractivity contribution < 1.29 is 8.94 Å². The first-order valence-electron chi connectivity index (χ1n) is 6.95. The minimum atomic E-state index is 0.643. The molecule has 0 aliphatic carbocycles. The lowest BCUT2D eigenvalue weighted by molar-refractivity contribution is 0.348. The van der Waals surface area contributed by atoms with Gasteiger partial charge in [0.2, 0.25) is 5.89 Å². The lowest BCUT2D eigenvalue weighted by Gasteiger charge is -2.20. The average molecular weight is 261 g/mol. The van der Waals surface area contributed by atoms with E-state index in [1.54, 1.807) is 6.26 Å². The second-order valence-corrected chi connectivity index (χ2v) is 5.10. The molecule has 1 aliphatic heterocycles. The van der Waals surface area contributed by atoms with Gasteiger partial charge in [0.1, 0.15) is 5.76 Å². The molecule has 3 heterocycles. The molecule has 1 aliphatic rings. The van der Waals surface area contributed by atoms with Gasteiger partial charge in [-0.2, -0.15) is 4.98 Å². The Morgan fingerprint density at radius 3 is 3.16 bits per heavy atom. The van der Waals surface area contributed by atoms with Crippen LogP contribution in [0.5, 0.6) is 0 Å². The Bertz CT molecular complexity index is 487. The number of aromatic nitrogens is 2. The molecule has 2 aromatic rings. The van der Waals surface area contributed by atoms with Gasteiger partial charge in [0.05, 0.1) is 6.26 Å². The molecule has 19 heavy (non-hydrogen) atoms. The van der Waals surface area contributed by atoms with Crippen LogP contribution in [0.4, 0.5) is 0 Å². The monoisotopic (exact) mass is 261 g/mol. The Morgan fingerprint density at radius 2 is 2.37 bits per heavy atom. The predicted molar refractivity (Wildman–Crippen MR) is 69.7 cm³/mol. The SMILES string of the molecule is c1coc(CCc2nc(CC3CCCNC3)no2)c1. The molecule has 0 saturated carbocycles. The van der Waals surface area contributed by atoms with Crippen LogP contribution in [0.25, 0.3) is 0 Å². The summed E-state index contributed by atoms with van der Waals surface area (Å²) in [6, 6.07) is 3.86. The zero-order valence-corrected chi connectivity index (χ0v) is 11.0. The molecule has 3 rings (SSSR count). The quantitative estimate of drug-likeness (QED) is 0.891. The smallest absolute Gasteiger partial charge is 0.227 e. The van der Waals surface area contributed by atoms with Crippen molar-refractivity contribution in [1.82, 2.24) is 15.5 Å². The largest absolute Gasteiger partial charge is 0.469 e. The molecule has 102 valence electrons. The molecular formula is C14H19N3O2. The minimum Gasteiger partial charge on any atom is -0.469 e. The van der Waals surface area contributed by atoms with Crippen LogP contribution >= 0.6 is 0 Å². The van der Waals surface area contributed by atoms with Gasteiger partial charge in [-0.25, -0.2) is 0 Å². The second kappa shape index (κ2) is 6.02. The lowest BCUT2D eigenvalue weighted by Crippen LogP contribution is -2.31. The molecule has 5 nitrogen and oxygen atoms in total. The van der Waals surface area contributed by atoms with Crippen molar-refractivity contribution in [3.8, 4) is 0 Å². The van der Waals surface area contributed by atoms with Crippen LogP contribution < -0.4 is 5.32 Å². The number of hydrogen-bond donors (Lipinski definition) is 1. The van der Waals surface area contributed by atoms with Crippen LogP contribution in [-0.2, 0) is 19.3 Å². The van der Waals surface area contributed by atoms with Crippen molar-refractivity contribution in [3.63, 3.8) is 0 Å². The number of nitrogens with one attached hydrogen (secondary N) is 1. The zero-order valence-electron chi connectivity index (χ0n) is 11.0. The van der Waals surface area contributed by atoms with Crippen molar-refractivity contribution in [2.75, 3.05) is 13.1 Å². The van der Waals surface area contributed by atoms with E-state index in [0.717, 1.165) is 43.9 Å². The fourth-order valence-electron chi connectivity index (χ4n) is 2.52. The fraction of sp³-hybridized carbons (Fsp3) is 0.571. The van der Waals surface area contributed by atoms with Gasteiger partial charge in [0.15, 0.2) is 5.82 Å².